The Morgan fingerprint density at radius 1 is 0.969 bits per heavy atom. The fourth-order valence-corrected chi connectivity index (χ4v) is 5.03. The summed E-state index contributed by atoms with van der Waals surface area (Å²) in [5.74, 6) is -0.0844. The van der Waals surface area contributed by atoms with Crippen LogP contribution in [-0.4, -0.2) is 32.5 Å². The van der Waals surface area contributed by atoms with Gasteiger partial charge in [0, 0.05) is 40.6 Å². The van der Waals surface area contributed by atoms with Crippen LogP contribution in [0.4, 0.5) is 5.69 Å². The van der Waals surface area contributed by atoms with E-state index in [-0.39, 0.29) is 10.5 Å². The van der Waals surface area contributed by atoms with Gasteiger partial charge in [0.05, 0.1) is 17.6 Å². The summed E-state index contributed by atoms with van der Waals surface area (Å²) in [4.78, 5) is 12.3. The quantitative estimate of drug-likeness (QED) is 0.437. The number of nitrogens with one attached hydrogen (secondary N) is 2. The molecule has 0 aliphatic carbocycles. The molecule has 7 nitrogen and oxygen atoms in total. The van der Waals surface area contributed by atoms with Gasteiger partial charge in [-0.05, 0) is 56.3 Å². The van der Waals surface area contributed by atoms with Crippen LogP contribution in [0.1, 0.15) is 24.2 Å². The molecule has 8 heteroatoms. The summed E-state index contributed by atoms with van der Waals surface area (Å²) < 4.78 is 36.3. The van der Waals surface area contributed by atoms with Crippen molar-refractivity contribution in [1.29, 1.82) is 0 Å². The Kier molecular flexibility index (Phi) is 5.80. The van der Waals surface area contributed by atoms with Gasteiger partial charge in [-0.15, -0.1) is 0 Å². The molecule has 2 N–H and O–H groups in total. The molecule has 0 atom stereocenters. The van der Waals surface area contributed by atoms with E-state index in [0.29, 0.717) is 18.0 Å². The second-order valence-electron chi connectivity index (χ2n) is 7.32. The number of nitrogens with zero attached hydrogens (tertiary/aromatic N) is 1. The van der Waals surface area contributed by atoms with Gasteiger partial charge in [0.15, 0.2) is 0 Å². The second-order valence-corrected chi connectivity index (χ2v) is 9.00. The van der Waals surface area contributed by atoms with E-state index in [1.165, 1.54) is 25.3 Å². The van der Waals surface area contributed by atoms with Crippen molar-refractivity contribution in [2.24, 2.45) is 0 Å². The topological polar surface area (TPSA) is 89.4 Å². The fourth-order valence-electron chi connectivity index (χ4n) is 3.96. The Hall–Kier alpha value is -3.52. The van der Waals surface area contributed by atoms with Gasteiger partial charge in [0.1, 0.15) is 5.75 Å². The van der Waals surface area contributed by atoms with Crippen LogP contribution in [0, 0.1) is 0 Å². The van der Waals surface area contributed by atoms with Crippen molar-refractivity contribution in [3.8, 4) is 5.75 Å². The standard InChI is InChI=1S/C24H25N3O4S/c1-4-25-24(28)20-15-17(11-13-23(20)31-3)32(29,30)26-16-10-12-22-19(14-16)18-8-6-7-9-21(18)27(22)5-2/h6-15,26H,4-5H2,1-3H3,(H,25,28). The van der Waals surface area contributed by atoms with E-state index in [9.17, 15) is 13.2 Å². The van der Waals surface area contributed by atoms with Gasteiger partial charge in [-0.3, -0.25) is 9.52 Å². The van der Waals surface area contributed by atoms with Crippen molar-refractivity contribution in [3.63, 3.8) is 0 Å². The molecule has 0 aliphatic rings. The van der Waals surface area contributed by atoms with E-state index in [1.54, 1.807) is 13.0 Å². The van der Waals surface area contributed by atoms with E-state index in [1.807, 2.05) is 30.3 Å². The van der Waals surface area contributed by atoms with Gasteiger partial charge >= 0.3 is 0 Å². The predicted octanol–water partition coefficient (Wildman–Crippen LogP) is 4.37. The summed E-state index contributed by atoms with van der Waals surface area (Å²) in [6, 6.07) is 17.8. The van der Waals surface area contributed by atoms with Crippen LogP contribution in [0.15, 0.2) is 65.6 Å². The van der Waals surface area contributed by atoms with Crippen molar-refractivity contribution in [2.75, 3.05) is 18.4 Å². The first-order valence-corrected chi connectivity index (χ1v) is 11.9. The number of amides is 1. The molecule has 0 radical (unpaired) electrons. The highest BCUT2D eigenvalue weighted by Crippen LogP contribution is 2.32. The molecule has 4 aromatic rings. The smallest absolute Gasteiger partial charge is 0.261 e. The van der Waals surface area contributed by atoms with Crippen LogP contribution in [-0.2, 0) is 16.6 Å². The zero-order valence-electron chi connectivity index (χ0n) is 18.2. The summed E-state index contributed by atoms with van der Waals surface area (Å²) in [5, 5.41) is 4.71. The van der Waals surface area contributed by atoms with Crippen LogP contribution in [0.5, 0.6) is 5.75 Å². The Bertz CT molecular complexity index is 1420. The SMILES string of the molecule is CCNC(=O)c1cc(S(=O)(=O)Nc2ccc3c(c2)c2ccccc2n3CC)ccc1OC. The van der Waals surface area contributed by atoms with E-state index in [0.717, 1.165) is 28.4 Å². The highest BCUT2D eigenvalue weighted by molar-refractivity contribution is 7.92. The summed E-state index contributed by atoms with van der Waals surface area (Å²) in [5.41, 5.74) is 2.76. The maximum Gasteiger partial charge on any atom is 0.261 e. The molecule has 0 spiro atoms. The lowest BCUT2D eigenvalue weighted by Crippen LogP contribution is -2.24. The van der Waals surface area contributed by atoms with Gasteiger partial charge < -0.3 is 14.6 Å². The molecule has 1 aromatic heterocycles. The van der Waals surface area contributed by atoms with E-state index in [2.05, 4.69) is 27.6 Å². The highest BCUT2D eigenvalue weighted by atomic mass is 32.2. The van der Waals surface area contributed by atoms with Crippen molar-refractivity contribution in [2.45, 2.75) is 25.3 Å². The fraction of sp³-hybridized carbons (Fsp3) is 0.208. The molecule has 0 saturated heterocycles. The van der Waals surface area contributed by atoms with Crippen LogP contribution >= 0.6 is 0 Å². The number of fused-ring (bicyclic) bond motifs is 3. The van der Waals surface area contributed by atoms with Crippen LogP contribution in [0.3, 0.4) is 0 Å². The lowest BCUT2D eigenvalue weighted by atomic mass is 10.1. The maximum absolute atomic E-state index is 13.1. The number of carbonyl (C=O) groups excluding carboxylic acids is 1. The molecule has 4 rings (SSSR count). The van der Waals surface area contributed by atoms with Crippen LogP contribution < -0.4 is 14.8 Å². The minimum Gasteiger partial charge on any atom is -0.496 e. The normalized spacial score (nSPS) is 11.6. The minimum atomic E-state index is -3.92. The van der Waals surface area contributed by atoms with Crippen molar-refractivity contribution < 1.29 is 17.9 Å². The van der Waals surface area contributed by atoms with Gasteiger partial charge in [0.25, 0.3) is 15.9 Å². The average molecular weight is 452 g/mol. The molecule has 166 valence electrons. The third kappa shape index (κ3) is 3.78. The Morgan fingerprint density at radius 3 is 2.44 bits per heavy atom. The number of para-hydroxylation sites is 1. The van der Waals surface area contributed by atoms with Crippen molar-refractivity contribution in [3.05, 3.63) is 66.2 Å². The number of carbonyl (C=O) groups is 1. The van der Waals surface area contributed by atoms with E-state index < -0.39 is 15.9 Å². The Morgan fingerprint density at radius 2 is 1.72 bits per heavy atom. The number of rotatable bonds is 7. The molecule has 0 aliphatic heterocycles. The third-order valence-electron chi connectivity index (χ3n) is 5.40. The average Bonchev–Trinajstić information content (AvgIpc) is 3.11. The molecule has 0 bridgehead atoms. The second kappa shape index (κ2) is 8.55. The zero-order chi connectivity index (χ0) is 22.9. The molecular formula is C24H25N3O4S. The van der Waals surface area contributed by atoms with E-state index >= 15 is 0 Å². The maximum atomic E-state index is 13.1. The summed E-state index contributed by atoms with van der Waals surface area (Å²) in [7, 11) is -2.49. The first-order chi connectivity index (χ1) is 15.4. The van der Waals surface area contributed by atoms with Gasteiger partial charge in [0.2, 0.25) is 0 Å². The predicted molar refractivity (Wildman–Crippen MR) is 127 cm³/mol. The molecule has 1 amide bonds. The van der Waals surface area contributed by atoms with Crippen LogP contribution in [0.2, 0.25) is 0 Å². The lowest BCUT2D eigenvalue weighted by molar-refractivity contribution is 0.0952. The number of sulfonamides is 1. The third-order valence-corrected chi connectivity index (χ3v) is 6.78. The molecule has 0 saturated carbocycles. The number of anilines is 1. The molecule has 0 fully saturated rings. The Labute approximate surface area is 187 Å². The first-order valence-electron chi connectivity index (χ1n) is 10.4. The number of hydrogen-bond donors (Lipinski definition) is 2. The summed E-state index contributed by atoms with van der Waals surface area (Å²) in [6.07, 6.45) is 0. The number of ether oxygens (including phenoxy) is 1. The van der Waals surface area contributed by atoms with Crippen LogP contribution in [0.25, 0.3) is 21.8 Å². The monoisotopic (exact) mass is 451 g/mol. The van der Waals surface area contributed by atoms with Crippen molar-refractivity contribution in [1.82, 2.24) is 9.88 Å². The largest absolute Gasteiger partial charge is 0.496 e. The molecular weight excluding hydrogens is 426 g/mol. The number of benzene rings is 3. The van der Waals surface area contributed by atoms with Crippen molar-refractivity contribution >= 4 is 43.4 Å². The number of aromatic nitrogens is 1. The highest BCUT2D eigenvalue weighted by Gasteiger charge is 2.20. The first kappa shape index (κ1) is 21.7. The molecule has 1 heterocycles. The van der Waals surface area contributed by atoms with E-state index in [4.69, 9.17) is 4.74 Å². The number of hydrogen-bond acceptors (Lipinski definition) is 4. The number of aryl methyl sites for hydroxylation is 1. The zero-order valence-corrected chi connectivity index (χ0v) is 19.0. The number of methoxy groups -OCH3 is 1. The van der Waals surface area contributed by atoms with Gasteiger partial charge in [-0.2, -0.15) is 0 Å². The molecule has 32 heavy (non-hydrogen) atoms. The minimum absolute atomic E-state index is 0.0179. The summed E-state index contributed by atoms with van der Waals surface area (Å²) in [6.45, 7) is 5.10. The van der Waals surface area contributed by atoms with Gasteiger partial charge in [-0.25, -0.2) is 8.42 Å². The molecule has 3 aromatic carbocycles. The Balaban J connectivity index is 1.74. The van der Waals surface area contributed by atoms with Gasteiger partial charge in [-0.1, -0.05) is 18.2 Å². The molecule has 0 unspecified atom stereocenters. The summed E-state index contributed by atoms with van der Waals surface area (Å²) >= 11 is 0. The lowest BCUT2D eigenvalue weighted by Gasteiger charge is -2.12.